The molecule has 0 aromatic heterocycles. The maximum Gasteiger partial charge on any atom is 0.161 e. The molecule has 0 saturated heterocycles. The Morgan fingerprint density at radius 1 is 1.00 bits per heavy atom. The van der Waals surface area contributed by atoms with Crippen LogP contribution < -0.4 is 9.47 Å². The van der Waals surface area contributed by atoms with Crippen molar-refractivity contribution in [1.82, 2.24) is 0 Å². The van der Waals surface area contributed by atoms with E-state index in [2.05, 4.69) is 0 Å². The first-order valence-corrected chi connectivity index (χ1v) is 6.24. The van der Waals surface area contributed by atoms with Crippen LogP contribution in [0, 0.1) is 6.92 Å². The van der Waals surface area contributed by atoms with E-state index in [0.717, 1.165) is 34.5 Å². The predicted octanol–water partition coefficient (Wildman–Crippen LogP) is 3.25. The second-order valence-corrected chi connectivity index (χ2v) is 4.57. The van der Waals surface area contributed by atoms with Gasteiger partial charge in [-0.1, -0.05) is 29.8 Å². The summed E-state index contributed by atoms with van der Waals surface area (Å²) >= 11 is 0. The van der Waals surface area contributed by atoms with E-state index in [1.807, 2.05) is 43.3 Å². The Morgan fingerprint density at radius 3 is 2.58 bits per heavy atom. The van der Waals surface area contributed by atoms with Crippen LogP contribution in [0.15, 0.2) is 36.4 Å². The Kier molecular flexibility index (Phi) is 2.95. The summed E-state index contributed by atoms with van der Waals surface area (Å²) in [5.41, 5.74) is 3.69. The maximum atomic E-state index is 11.1. The lowest BCUT2D eigenvalue weighted by Gasteiger charge is -2.19. The maximum absolute atomic E-state index is 11.1. The van der Waals surface area contributed by atoms with Crippen molar-refractivity contribution in [2.45, 2.75) is 6.92 Å². The van der Waals surface area contributed by atoms with E-state index in [0.29, 0.717) is 18.8 Å². The standard InChI is InChI=1S/C16H14O3/c1-11-2-3-13(10-17)14(8-11)12-4-5-15-16(9-12)19-7-6-18-15/h2-5,8-10H,6-7H2,1H3. The smallest absolute Gasteiger partial charge is 0.161 e. The zero-order valence-electron chi connectivity index (χ0n) is 10.7. The van der Waals surface area contributed by atoms with E-state index in [1.165, 1.54) is 0 Å². The summed E-state index contributed by atoms with van der Waals surface area (Å²) in [4.78, 5) is 11.1. The minimum absolute atomic E-state index is 0.560. The second-order valence-electron chi connectivity index (χ2n) is 4.57. The SMILES string of the molecule is Cc1ccc(C=O)c(-c2ccc3c(c2)OCCO3)c1. The lowest BCUT2D eigenvalue weighted by atomic mass is 9.98. The molecule has 19 heavy (non-hydrogen) atoms. The minimum atomic E-state index is 0.560. The highest BCUT2D eigenvalue weighted by Gasteiger charge is 2.13. The number of ether oxygens (including phenoxy) is 2. The summed E-state index contributed by atoms with van der Waals surface area (Å²) in [5.74, 6) is 1.50. The molecule has 3 heteroatoms. The van der Waals surface area contributed by atoms with Crippen molar-refractivity contribution < 1.29 is 14.3 Å². The number of hydrogen-bond acceptors (Lipinski definition) is 3. The van der Waals surface area contributed by atoms with Crippen molar-refractivity contribution in [2.24, 2.45) is 0 Å². The normalized spacial score (nSPS) is 13.1. The van der Waals surface area contributed by atoms with Crippen molar-refractivity contribution in [3.8, 4) is 22.6 Å². The number of carbonyl (C=O) groups is 1. The molecule has 0 fully saturated rings. The number of aryl methyl sites for hydroxylation is 1. The summed E-state index contributed by atoms with van der Waals surface area (Å²) in [6, 6.07) is 11.6. The number of hydrogen-bond donors (Lipinski definition) is 0. The number of rotatable bonds is 2. The second kappa shape index (κ2) is 4.76. The van der Waals surface area contributed by atoms with Crippen LogP contribution in [0.3, 0.4) is 0 Å². The van der Waals surface area contributed by atoms with E-state index < -0.39 is 0 Å². The monoisotopic (exact) mass is 254 g/mol. The van der Waals surface area contributed by atoms with Gasteiger partial charge in [-0.2, -0.15) is 0 Å². The van der Waals surface area contributed by atoms with Crippen LogP contribution in [0.25, 0.3) is 11.1 Å². The minimum Gasteiger partial charge on any atom is -0.486 e. The van der Waals surface area contributed by atoms with Crippen molar-refractivity contribution in [2.75, 3.05) is 13.2 Å². The van der Waals surface area contributed by atoms with E-state index in [-0.39, 0.29) is 0 Å². The first kappa shape index (κ1) is 11.8. The molecule has 1 heterocycles. The molecule has 0 radical (unpaired) electrons. The summed E-state index contributed by atoms with van der Waals surface area (Å²) in [7, 11) is 0. The van der Waals surface area contributed by atoms with Crippen molar-refractivity contribution in [3.63, 3.8) is 0 Å². The average molecular weight is 254 g/mol. The lowest BCUT2D eigenvalue weighted by Crippen LogP contribution is -2.15. The molecule has 96 valence electrons. The van der Waals surface area contributed by atoms with Gasteiger partial charge in [0.25, 0.3) is 0 Å². The molecular formula is C16H14O3. The Hall–Kier alpha value is -2.29. The molecule has 2 aromatic carbocycles. The lowest BCUT2D eigenvalue weighted by molar-refractivity contribution is 0.112. The van der Waals surface area contributed by atoms with Gasteiger partial charge in [-0.15, -0.1) is 0 Å². The third-order valence-electron chi connectivity index (χ3n) is 3.19. The highest BCUT2D eigenvalue weighted by molar-refractivity contribution is 5.88. The van der Waals surface area contributed by atoms with Gasteiger partial charge >= 0.3 is 0 Å². The van der Waals surface area contributed by atoms with Gasteiger partial charge in [-0.25, -0.2) is 0 Å². The quantitative estimate of drug-likeness (QED) is 0.772. The van der Waals surface area contributed by atoms with Crippen molar-refractivity contribution in [1.29, 1.82) is 0 Å². The molecule has 0 spiro atoms. The van der Waals surface area contributed by atoms with E-state index >= 15 is 0 Å². The molecule has 0 N–H and O–H groups in total. The molecule has 0 unspecified atom stereocenters. The number of carbonyl (C=O) groups excluding carboxylic acids is 1. The van der Waals surface area contributed by atoms with Crippen LogP contribution in [0.4, 0.5) is 0 Å². The Balaban J connectivity index is 2.11. The van der Waals surface area contributed by atoms with Crippen LogP contribution in [0.2, 0.25) is 0 Å². The molecule has 1 aliphatic rings. The molecular weight excluding hydrogens is 240 g/mol. The Labute approximate surface area is 111 Å². The highest BCUT2D eigenvalue weighted by Crippen LogP contribution is 2.35. The first-order chi connectivity index (χ1) is 9.28. The van der Waals surface area contributed by atoms with E-state index in [1.54, 1.807) is 0 Å². The predicted molar refractivity (Wildman–Crippen MR) is 73.0 cm³/mol. The number of fused-ring (bicyclic) bond motifs is 1. The molecule has 0 amide bonds. The fourth-order valence-electron chi connectivity index (χ4n) is 2.23. The van der Waals surface area contributed by atoms with Gasteiger partial charge in [-0.05, 0) is 30.2 Å². The van der Waals surface area contributed by atoms with E-state index in [4.69, 9.17) is 9.47 Å². The third-order valence-corrected chi connectivity index (χ3v) is 3.19. The van der Waals surface area contributed by atoms with Gasteiger partial charge in [0.15, 0.2) is 17.8 Å². The van der Waals surface area contributed by atoms with Crippen LogP contribution >= 0.6 is 0 Å². The van der Waals surface area contributed by atoms with Gasteiger partial charge in [0, 0.05) is 5.56 Å². The van der Waals surface area contributed by atoms with Gasteiger partial charge in [0.1, 0.15) is 13.2 Å². The molecule has 1 aliphatic heterocycles. The van der Waals surface area contributed by atoms with Crippen molar-refractivity contribution >= 4 is 6.29 Å². The topological polar surface area (TPSA) is 35.5 Å². The average Bonchev–Trinajstić information content (AvgIpc) is 2.46. The molecule has 0 bridgehead atoms. The first-order valence-electron chi connectivity index (χ1n) is 6.24. The summed E-state index contributed by atoms with van der Waals surface area (Å²) in [5, 5.41) is 0. The Morgan fingerprint density at radius 2 is 1.79 bits per heavy atom. The van der Waals surface area contributed by atoms with Crippen LogP contribution in [-0.2, 0) is 0 Å². The molecule has 3 rings (SSSR count). The number of aldehydes is 1. The largest absolute Gasteiger partial charge is 0.486 e. The van der Waals surface area contributed by atoms with E-state index in [9.17, 15) is 4.79 Å². The highest BCUT2D eigenvalue weighted by atomic mass is 16.6. The third kappa shape index (κ3) is 2.19. The fourth-order valence-corrected chi connectivity index (χ4v) is 2.23. The zero-order chi connectivity index (χ0) is 13.2. The van der Waals surface area contributed by atoms with Crippen LogP contribution in [0.1, 0.15) is 15.9 Å². The molecule has 0 aliphatic carbocycles. The fraction of sp³-hybridized carbons (Fsp3) is 0.188. The molecule has 0 atom stereocenters. The van der Waals surface area contributed by atoms with Crippen molar-refractivity contribution in [3.05, 3.63) is 47.5 Å². The Bertz CT molecular complexity index is 632. The molecule has 3 nitrogen and oxygen atoms in total. The van der Waals surface area contributed by atoms with Gasteiger partial charge in [0.05, 0.1) is 0 Å². The van der Waals surface area contributed by atoms with Crippen LogP contribution in [-0.4, -0.2) is 19.5 Å². The van der Waals surface area contributed by atoms with Gasteiger partial charge in [-0.3, -0.25) is 4.79 Å². The molecule has 2 aromatic rings. The summed E-state index contributed by atoms with van der Waals surface area (Å²) in [6.07, 6.45) is 0.881. The van der Waals surface area contributed by atoms with Gasteiger partial charge in [0.2, 0.25) is 0 Å². The van der Waals surface area contributed by atoms with Crippen LogP contribution in [0.5, 0.6) is 11.5 Å². The zero-order valence-corrected chi connectivity index (χ0v) is 10.7. The summed E-state index contributed by atoms with van der Waals surface area (Å²) in [6.45, 7) is 3.15. The van der Waals surface area contributed by atoms with Gasteiger partial charge < -0.3 is 9.47 Å². The summed E-state index contributed by atoms with van der Waals surface area (Å²) < 4.78 is 11.1. The number of benzene rings is 2. The molecule has 0 saturated carbocycles.